The summed E-state index contributed by atoms with van der Waals surface area (Å²) in [7, 11) is 0. The van der Waals surface area contributed by atoms with Crippen LogP contribution in [0.3, 0.4) is 0 Å². The molecule has 1 aliphatic heterocycles. The molecule has 0 aromatic heterocycles. The Bertz CT molecular complexity index is 511. The van der Waals surface area contributed by atoms with E-state index < -0.39 is 11.7 Å². The van der Waals surface area contributed by atoms with Crippen LogP contribution >= 0.6 is 23.2 Å². The summed E-state index contributed by atoms with van der Waals surface area (Å²) in [4.78, 5) is 24.6. The molecule has 2 rings (SSSR count). The number of anilines is 1. The molecule has 0 bridgehead atoms. The van der Waals surface area contributed by atoms with Crippen LogP contribution in [0.2, 0.25) is 5.02 Å². The van der Waals surface area contributed by atoms with Crippen molar-refractivity contribution in [1.82, 2.24) is 0 Å². The molecule has 0 N–H and O–H groups in total. The lowest BCUT2D eigenvalue weighted by molar-refractivity contribution is -0.114. The molecule has 1 aromatic rings. The summed E-state index contributed by atoms with van der Waals surface area (Å²) in [5.41, 5.74) is 0.733. The second-order valence-corrected chi connectivity index (χ2v) is 4.31. The van der Waals surface area contributed by atoms with Crippen molar-refractivity contribution in [3.8, 4) is 0 Å². The Balaban J connectivity index is 2.54. The SMILES string of the molecule is C=C(Cl)CN1C(=O)C(=O)c2c(Cl)cccc21. The van der Waals surface area contributed by atoms with Crippen LogP contribution in [0.1, 0.15) is 10.4 Å². The van der Waals surface area contributed by atoms with E-state index in [1.165, 1.54) is 4.90 Å². The van der Waals surface area contributed by atoms with Crippen molar-refractivity contribution in [2.75, 3.05) is 11.4 Å². The molecule has 3 nitrogen and oxygen atoms in total. The number of Topliss-reactive ketones (excluding diaryl/α,β-unsaturated/α-hetero) is 1. The van der Waals surface area contributed by atoms with Gasteiger partial charge >= 0.3 is 0 Å². The molecule has 1 heterocycles. The average molecular weight is 256 g/mol. The molecule has 0 atom stereocenters. The number of nitrogens with zero attached hydrogens (tertiary/aromatic N) is 1. The summed E-state index contributed by atoms with van der Waals surface area (Å²) in [6.45, 7) is 3.61. The number of benzene rings is 1. The Morgan fingerprint density at radius 3 is 2.69 bits per heavy atom. The molecule has 1 aliphatic rings. The predicted molar refractivity (Wildman–Crippen MR) is 63.1 cm³/mol. The van der Waals surface area contributed by atoms with E-state index in [0.29, 0.717) is 5.69 Å². The number of amides is 1. The van der Waals surface area contributed by atoms with E-state index in [0.717, 1.165) is 0 Å². The first kappa shape index (κ1) is 11.2. The van der Waals surface area contributed by atoms with Crippen molar-refractivity contribution in [3.63, 3.8) is 0 Å². The lowest BCUT2D eigenvalue weighted by atomic mass is 10.1. The van der Waals surface area contributed by atoms with Crippen LogP contribution in [0, 0.1) is 0 Å². The maximum Gasteiger partial charge on any atom is 0.299 e. The molecule has 0 spiro atoms. The van der Waals surface area contributed by atoms with Crippen molar-refractivity contribution in [2.45, 2.75) is 0 Å². The van der Waals surface area contributed by atoms with Gasteiger partial charge in [0.05, 0.1) is 22.8 Å². The lowest BCUT2D eigenvalue weighted by Gasteiger charge is -2.15. The van der Waals surface area contributed by atoms with Crippen LogP contribution in [0.15, 0.2) is 29.8 Å². The number of hydrogen-bond donors (Lipinski definition) is 0. The highest BCUT2D eigenvalue weighted by molar-refractivity contribution is 6.55. The third-order valence-corrected chi connectivity index (χ3v) is 2.71. The molecule has 0 saturated carbocycles. The Hall–Kier alpha value is -1.32. The van der Waals surface area contributed by atoms with E-state index >= 15 is 0 Å². The van der Waals surface area contributed by atoms with Crippen molar-refractivity contribution in [2.24, 2.45) is 0 Å². The third-order valence-electron chi connectivity index (χ3n) is 2.28. The van der Waals surface area contributed by atoms with Crippen LogP contribution in [-0.2, 0) is 4.79 Å². The zero-order chi connectivity index (χ0) is 11.9. The van der Waals surface area contributed by atoms with Crippen molar-refractivity contribution < 1.29 is 9.59 Å². The number of hydrogen-bond acceptors (Lipinski definition) is 2. The zero-order valence-electron chi connectivity index (χ0n) is 8.17. The van der Waals surface area contributed by atoms with Crippen LogP contribution in [0.5, 0.6) is 0 Å². The van der Waals surface area contributed by atoms with E-state index in [4.69, 9.17) is 23.2 Å². The van der Waals surface area contributed by atoms with Gasteiger partial charge in [0, 0.05) is 5.03 Å². The van der Waals surface area contributed by atoms with Crippen LogP contribution in [0.25, 0.3) is 0 Å². The van der Waals surface area contributed by atoms with Gasteiger partial charge in [0.1, 0.15) is 0 Å². The van der Waals surface area contributed by atoms with E-state index in [2.05, 4.69) is 6.58 Å². The summed E-state index contributed by atoms with van der Waals surface area (Å²) < 4.78 is 0. The number of carbonyl (C=O) groups is 2. The topological polar surface area (TPSA) is 37.4 Å². The van der Waals surface area contributed by atoms with Crippen molar-refractivity contribution in [3.05, 3.63) is 40.4 Å². The largest absolute Gasteiger partial charge is 0.299 e. The predicted octanol–water partition coefficient (Wildman–Crippen LogP) is 2.62. The monoisotopic (exact) mass is 255 g/mol. The zero-order valence-corrected chi connectivity index (χ0v) is 9.68. The van der Waals surface area contributed by atoms with Crippen LogP contribution in [0.4, 0.5) is 5.69 Å². The Morgan fingerprint density at radius 1 is 1.38 bits per heavy atom. The highest BCUT2D eigenvalue weighted by Gasteiger charge is 2.37. The number of halogens is 2. The van der Waals surface area contributed by atoms with Gasteiger partial charge in [-0.15, -0.1) is 0 Å². The minimum absolute atomic E-state index is 0.111. The molecule has 82 valence electrons. The van der Waals surface area contributed by atoms with Gasteiger partial charge in [0.25, 0.3) is 11.7 Å². The van der Waals surface area contributed by atoms with Gasteiger partial charge < -0.3 is 0 Å². The van der Waals surface area contributed by atoms with Gasteiger partial charge in [0.15, 0.2) is 0 Å². The second-order valence-electron chi connectivity index (χ2n) is 3.37. The smallest absolute Gasteiger partial charge is 0.299 e. The van der Waals surface area contributed by atoms with E-state index in [1.54, 1.807) is 18.2 Å². The third kappa shape index (κ3) is 1.62. The van der Waals surface area contributed by atoms with Gasteiger partial charge in [-0.2, -0.15) is 0 Å². The molecule has 1 aromatic carbocycles. The summed E-state index contributed by atoms with van der Waals surface area (Å²) in [6.07, 6.45) is 0. The van der Waals surface area contributed by atoms with Crippen molar-refractivity contribution >= 4 is 40.6 Å². The Morgan fingerprint density at radius 2 is 2.06 bits per heavy atom. The molecule has 0 radical (unpaired) electrons. The summed E-state index contributed by atoms with van der Waals surface area (Å²) in [5.74, 6) is -1.22. The average Bonchev–Trinajstić information content (AvgIpc) is 2.44. The first-order chi connectivity index (χ1) is 7.52. The van der Waals surface area contributed by atoms with Gasteiger partial charge in [-0.05, 0) is 12.1 Å². The fourth-order valence-electron chi connectivity index (χ4n) is 1.63. The highest BCUT2D eigenvalue weighted by atomic mass is 35.5. The fraction of sp³-hybridized carbons (Fsp3) is 0.0909. The first-order valence-electron chi connectivity index (χ1n) is 4.50. The summed E-state index contributed by atoms with van der Waals surface area (Å²) in [6, 6.07) is 4.91. The van der Waals surface area contributed by atoms with E-state index in [-0.39, 0.29) is 22.2 Å². The first-order valence-corrected chi connectivity index (χ1v) is 5.26. The van der Waals surface area contributed by atoms with E-state index in [9.17, 15) is 9.59 Å². The number of ketones is 1. The van der Waals surface area contributed by atoms with Crippen LogP contribution < -0.4 is 4.90 Å². The molecule has 0 saturated heterocycles. The van der Waals surface area contributed by atoms with Gasteiger partial charge in [-0.3, -0.25) is 14.5 Å². The standard InChI is InChI=1S/C11H7Cl2NO2/c1-6(12)5-14-8-4-2-3-7(13)9(8)10(15)11(14)16/h2-4H,1,5H2. The van der Waals surface area contributed by atoms with Gasteiger partial charge in [0.2, 0.25) is 0 Å². The summed E-state index contributed by atoms with van der Waals surface area (Å²) >= 11 is 11.5. The quantitative estimate of drug-likeness (QED) is 0.763. The molecule has 0 unspecified atom stereocenters. The minimum Gasteiger partial charge on any atom is -0.299 e. The van der Waals surface area contributed by atoms with Gasteiger partial charge in [-0.25, -0.2) is 0 Å². The minimum atomic E-state index is -0.620. The molecule has 1 amide bonds. The highest BCUT2D eigenvalue weighted by Crippen LogP contribution is 2.34. The molecule has 5 heteroatoms. The van der Waals surface area contributed by atoms with Gasteiger partial charge in [-0.1, -0.05) is 35.8 Å². The van der Waals surface area contributed by atoms with E-state index in [1.807, 2.05) is 0 Å². The second kappa shape index (κ2) is 3.92. The number of rotatable bonds is 2. The Labute approximate surface area is 102 Å². The maximum absolute atomic E-state index is 11.7. The molecular formula is C11H7Cl2NO2. The molecule has 0 aliphatic carbocycles. The Kier molecular flexibility index (Phi) is 2.74. The van der Waals surface area contributed by atoms with Crippen molar-refractivity contribution in [1.29, 1.82) is 0 Å². The normalized spacial score (nSPS) is 14.2. The maximum atomic E-state index is 11.7. The molecular weight excluding hydrogens is 249 g/mol. The number of fused-ring (bicyclic) bond motifs is 1. The summed E-state index contributed by atoms with van der Waals surface area (Å²) in [5, 5.41) is 0.563. The fourth-order valence-corrected chi connectivity index (χ4v) is 2.00. The van der Waals surface area contributed by atoms with Crippen LogP contribution in [-0.4, -0.2) is 18.2 Å². The lowest BCUT2D eigenvalue weighted by Crippen LogP contribution is -2.30. The molecule has 16 heavy (non-hydrogen) atoms. The molecule has 0 fully saturated rings. The number of carbonyl (C=O) groups excluding carboxylic acids is 2.